The van der Waals surface area contributed by atoms with Crippen LogP contribution < -0.4 is 5.73 Å². The van der Waals surface area contributed by atoms with Crippen LogP contribution in [0.2, 0.25) is 5.02 Å². The summed E-state index contributed by atoms with van der Waals surface area (Å²) in [6.45, 7) is 0.691. The van der Waals surface area contributed by atoms with E-state index in [0.29, 0.717) is 29.2 Å². The Bertz CT molecular complexity index is 327. The minimum absolute atomic E-state index is 0.338. The molecule has 1 aromatic rings. The van der Waals surface area contributed by atoms with Crippen molar-refractivity contribution >= 4 is 11.6 Å². The summed E-state index contributed by atoms with van der Waals surface area (Å²) in [7, 11) is 0. The highest BCUT2D eigenvalue weighted by molar-refractivity contribution is 6.30. The zero-order chi connectivity index (χ0) is 9.42. The van der Waals surface area contributed by atoms with Gasteiger partial charge in [0.25, 0.3) is 0 Å². The number of aromatic hydroxyl groups is 1. The lowest BCUT2D eigenvalue weighted by atomic mass is 10.1. The van der Waals surface area contributed by atoms with E-state index in [1.807, 2.05) is 6.07 Å². The molecule has 0 bridgehead atoms. The van der Waals surface area contributed by atoms with Gasteiger partial charge in [-0.15, -0.1) is 0 Å². The van der Waals surface area contributed by atoms with Crippen LogP contribution in [0.25, 0.3) is 0 Å². The van der Waals surface area contributed by atoms with Crippen LogP contribution in [0.5, 0.6) is 5.75 Å². The molecule has 3 heteroatoms. The van der Waals surface area contributed by atoms with Gasteiger partial charge in [-0.25, -0.2) is 0 Å². The van der Waals surface area contributed by atoms with E-state index < -0.39 is 0 Å². The molecule has 1 aromatic carbocycles. The summed E-state index contributed by atoms with van der Waals surface area (Å²) < 4.78 is 0. The lowest BCUT2D eigenvalue weighted by Crippen LogP contribution is -2.01. The quantitative estimate of drug-likeness (QED) is 0.763. The first kappa shape index (κ1) is 8.85. The van der Waals surface area contributed by atoms with Crippen molar-refractivity contribution in [1.29, 1.82) is 0 Å². The summed E-state index contributed by atoms with van der Waals surface area (Å²) in [5.74, 6) is 1.29. The number of phenols is 1. The predicted octanol–water partition coefficient (Wildman–Crippen LogP) is 2.11. The molecule has 0 amide bonds. The number of halogens is 1. The minimum atomic E-state index is 0.338. The van der Waals surface area contributed by atoms with E-state index >= 15 is 0 Å². The Morgan fingerprint density at radius 2 is 2.31 bits per heavy atom. The van der Waals surface area contributed by atoms with Gasteiger partial charge in [0, 0.05) is 5.02 Å². The maximum Gasteiger partial charge on any atom is 0.119 e. The average Bonchev–Trinajstić information content (AvgIpc) is 2.88. The standard InChI is InChI=1S/C10H12ClNO/c11-7-1-2-10(13)9(4-7)8-3-6(8)5-12/h1-2,4,6,8,13H,3,5,12H2. The Kier molecular flexibility index (Phi) is 2.18. The van der Waals surface area contributed by atoms with Gasteiger partial charge in [-0.2, -0.15) is 0 Å². The maximum absolute atomic E-state index is 9.56. The summed E-state index contributed by atoms with van der Waals surface area (Å²) in [5.41, 5.74) is 6.48. The monoisotopic (exact) mass is 197 g/mol. The molecule has 2 rings (SSSR count). The smallest absolute Gasteiger partial charge is 0.119 e. The van der Waals surface area contributed by atoms with Gasteiger partial charge in [-0.3, -0.25) is 0 Å². The molecule has 1 fully saturated rings. The molecule has 0 aliphatic heterocycles. The second kappa shape index (κ2) is 3.20. The average molecular weight is 198 g/mol. The molecule has 2 nitrogen and oxygen atoms in total. The third-order valence-corrected chi connectivity index (χ3v) is 2.85. The van der Waals surface area contributed by atoms with Crippen molar-refractivity contribution in [3.8, 4) is 5.75 Å². The Hall–Kier alpha value is -0.730. The molecule has 13 heavy (non-hydrogen) atoms. The van der Waals surface area contributed by atoms with Gasteiger partial charge in [0.05, 0.1) is 0 Å². The molecule has 2 atom stereocenters. The zero-order valence-electron chi connectivity index (χ0n) is 7.20. The minimum Gasteiger partial charge on any atom is -0.508 e. The van der Waals surface area contributed by atoms with E-state index in [1.54, 1.807) is 12.1 Å². The van der Waals surface area contributed by atoms with Gasteiger partial charge in [-0.05, 0) is 48.6 Å². The van der Waals surface area contributed by atoms with Crippen molar-refractivity contribution in [2.75, 3.05) is 6.54 Å². The summed E-state index contributed by atoms with van der Waals surface area (Å²) >= 11 is 5.84. The van der Waals surface area contributed by atoms with Gasteiger partial charge in [-0.1, -0.05) is 11.6 Å². The maximum atomic E-state index is 9.56. The molecule has 0 radical (unpaired) electrons. The van der Waals surface area contributed by atoms with Crippen molar-refractivity contribution in [3.63, 3.8) is 0 Å². The van der Waals surface area contributed by atoms with Crippen LogP contribution in [0.15, 0.2) is 18.2 Å². The fourth-order valence-electron chi connectivity index (χ4n) is 1.71. The Morgan fingerprint density at radius 1 is 1.54 bits per heavy atom. The van der Waals surface area contributed by atoms with E-state index in [9.17, 15) is 5.11 Å². The van der Waals surface area contributed by atoms with E-state index in [2.05, 4.69) is 0 Å². The van der Waals surface area contributed by atoms with Gasteiger partial charge < -0.3 is 10.8 Å². The molecule has 0 spiro atoms. The Balaban J connectivity index is 2.25. The summed E-state index contributed by atoms with van der Waals surface area (Å²) in [6, 6.07) is 5.17. The Morgan fingerprint density at radius 3 is 2.92 bits per heavy atom. The van der Waals surface area contributed by atoms with Crippen LogP contribution in [0.3, 0.4) is 0 Å². The van der Waals surface area contributed by atoms with Crippen LogP contribution in [-0.2, 0) is 0 Å². The van der Waals surface area contributed by atoms with Gasteiger partial charge in [0.15, 0.2) is 0 Å². The second-order valence-corrected chi connectivity index (χ2v) is 3.98. The van der Waals surface area contributed by atoms with Crippen LogP contribution >= 0.6 is 11.6 Å². The van der Waals surface area contributed by atoms with E-state index in [4.69, 9.17) is 17.3 Å². The topological polar surface area (TPSA) is 46.2 Å². The largest absolute Gasteiger partial charge is 0.508 e. The number of benzene rings is 1. The number of rotatable bonds is 2. The van der Waals surface area contributed by atoms with Crippen molar-refractivity contribution in [2.24, 2.45) is 11.7 Å². The number of phenolic OH excluding ortho intramolecular Hbond substituents is 1. The molecule has 1 saturated carbocycles. The molecule has 0 heterocycles. The van der Waals surface area contributed by atoms with Crippen LogP contribution in [0.1, 0.15) is 17.9 Å². The normalized spacial score (nSPS) is 26.0. The highest BCUT2D eigenvalue weighted by Gasteiger charge is 2.38. The lowest BCUT2D eigenvalue weighted by Gasteiger charge is -2.03. The molecule has 2 unspecified atom stereocenters. The second-order valence-electron chi connectivity index (χ2n) is 3.54. The van der Waals surface area contributed by atoms with Crippen LogP contribution in [0, 0.1) is 5.92 Å². The van der Waals surface area contributed by atoms with Crippen molar-refractivity contribution in [3.05, 3.63) is 28.8 Å². The Labute approximate surface area is 82.3 Å². The molecular formula is C10H12ClNO. The van der Waals surface area contributed by atoms with E-state index in [1.165, 1.54) is 0 Å². The summed E-state index contributed by atoms with van der Waals surface area (Å²) in [6.07, 6.45) is 1.07. The SMILES string of the molecule is NCC1CC1c1cc(Cl)ccc1O. The molecule has 1 aliphatic rings. The number of hydrogen-bond donors (Lipinski definition) is 2. The molecule has 0 aromatic heterocycles. The lowest BCUT2D eigenvalue weighted by molar-refractivity contribution is 0.467. The van der Waals surface area contributed by atoms with E-state index in [-0.39, 0.29) is 0 Å². The molecule has 3 N–H and O–H groups in total. The van der Waals surface area contributed by atoms with Crippen molar-refractivity contribution < 1.29 is 5.11 Å². The predicted molar refractivity (Wildman–Crippen MR) is 53.0 cm³/mol. The van der Waals surface area contributed by atoms with Crippen LogP contribution in [-0.4, -0.2) is 11.7 Å². The first-order valence-electron chi connectivity index (χ1n) is 4.41. The number of nitrogens with two attached hydrogens (primary N) is 1. The van der Waals surface area contributed by atoms with Gasteiger partial charge in [0.1, 0.15) is 5.75 Å². The number of hydrogen-bond acceptors (Lipinski definition) is 2. The fraction of sp³-hybridized carbons (Fsp3) is 0.400. The van der Waals surface area contributed by atoms with Crippen molar-refractivity contribution in [1.82, 2.24) is 0 Å². The summed E-state index contributed by atoms with van der Waals surface area (Å²) in [5, 5.41) is 10.2. The summed E-state index contributed by atoms with van der Waals surface area (Å²) in [4.78, 5) is 0. The highest BCUT2D eigenvalue weighted by Crippen LogP contribution is 2.49. The van der Waals surface area contributed by atoms with Gasteiger partial charge >= 0.3 is 0 Å². The molecule has 1 aliphatic carbocycles. The zero-order valence-corrected chi connectivity index (χ0v) is 7.96. The first-order valence-corrected chi connectivity index (χ1v) is 4.78. The third-order valence-electron chi connectivity index (χ3n) is 2.61. The third kappa shape index (κ3) is 1.64. The highest BCUT2D eigenvalue weighted by atomic mass is 35.5. The van der Waals surface area contributed by atoms with E-state index in [0.717, 1.165) is 12.0 Å². The van der Waals surface area contributed by atoms with Gasteiger partial charge in [0.2, 0.25) is 0 Å². The van der Waals surface area contributed by atoms with Crippen molar-refractivity contribution in [2.45, 2.75) is 12.3 Å². The first-order chi connectivity index (χ1) is 6.22. The molecule has 70 valence electrons. The molecule has 0 saturated heterocycles. The van der Waals surface area contributed by atoms with Crippen LogP contribution in [0.4, 0.5) is 0 Å². The fourth-order valence-corrected chi connectivity index (χ4v) is 1.89. The molecular weight excluding hydrogens is 186 g/mol.